The van der Waals surface area contributed by atoms with Gasteiger partial charge < -0.3 is 15.1 Å². The molecule has 0 spiro atoms. The number of amides is 3. The van der Waals surface area contributed by atoms with Gasteiger partial charge in [-0.3, -0.25) is 14.4 Å². The Morgan fingerprint density at radius 2 is 1.28 bits per heavy atom. The first-order valence-corrected chi connectivity index (χ1v) is 11.6. The zero-order valence-corrected chi connectivity index (χ0v) is 18.4. The molecule has 168 valence electrons. The van der Waals surface area contributed by atoms with E-state index in [1.807, 2.05) is 58.3 Å². The Bertz CT molecular complexity index is 918. The molecule has 6 heteroatoms. The van der Waals surface area contributed by atoms with Crippen molar-refractivity contribution < 1.29 is 14.4 Å². The second kappa shape index (κ2) is 10.4. The minimum Gasteiger partial charge on any atom is -0.341 e. The molecule has 32 heavy (non-hydrogen) atoms. The lowest BCUT2D eigenvalue weighted by molar-refractivity contribution is -0.136. The van der Waals surface area contributed by atoms with Gasteiger partial charge in [0.05, 0.1) is 0 Å². The van der Waals surface area contributed by atoms with Gasteiger partial charge in [0, 0.05) is 37.3 Å². The van der Waals surface area contributed by atoms with Crippen LogP contribution in [0.4, 0.5) is 0 Å². The molecule has 0 bridgehead atoms. The summed E-state index contributed by atoms with van der Waals surface area (Å²) in [5.41, 5.74) is 1.24. The van der Waals surface area contributed by atoms with Crippen molar-refractivity contribution in [3.63, 3.8) is 0 Å². The van der Waals surface area contributed by atoms with E-state index in [1.165, 1.54) is 0 Å². The van der Waals surface area contributed by atoms with Crippen LogP contribution >= 0.6 is 0 Å². The molecular formula is C26H31N3O3. The summed E-state index contributed by atoms with van der Waals surface area (Å²) in [7, 11) is 0. The van der Waals surface area contributed by atoms with Crippen LogP contribution < -0.4 is 5.32 Å². The number of nitrogens with one attached hydrogen (secondary N) is 1. The molecule has 2 aromatic carbocycles. The van der Waals surface area contributed by atoms with Gasteiger partial charge in [0.2, 0.25) is 5.91 Å². The zero-order valence-electron chi connectivity index (χ0n) is 18.4. The molecule has 0 unspecified atom stereocenters. The van der Waals surface area contributed by atoms with Crippen molar-refractivity contribution in [3.05, 3.63) is 71.8 Å². The third-order valence-corrected chi connectivity index (χ3v) is 6.58. The van der Waals surface area contributed by atoms with E-state index in [-0.39, 0.29) is 23.6 Å². The molecule has 2 saturated heterocycles. The number of hydrogen-bond donors (Lipinski definition) is 1. The lowest BCUT2D eigenvalue weighted by Crippen LogP contribution is -2.55. The Kier molecular flexibility index (Phi) is 7.20. The van der Waals surface area contributed by atoms with Crippen molar-refractivity contribution in [2.24, 2.45) is 5.92 Å². The second-order valence-electron chi connectivity index (χ2n) is 8.70. The quantitative estimate of drug-likeness (QED) is 0.786. The van der Waals surface area contributed by atoms with Crippen LogP contribution in [0.1, 0.15) is 52.8 Å². The van der Waals surface area contributed by atoms with Gasteiger partial charge in [-0.25, -0.2) is 0 Å². The maximum absolute atomic E-state index is 13.4. The van der Waals surface area contributed by atoms with Crippen LogP contribution in [-0.2, 0) is 4.79 Å². The predicted octanol–water partition coefficient (Wildman–Crippen LogP) is 3.35. The zero-order chi connectivity index (χ0) is 22.3. The van der Waals surface area contributed by atoms with Crippen LogP contribution in [0.5, 0.6) is 0 Å². The molecule has 2 aliphatic rings. The van der Waals surface area contributed by atoms with Crippen molar-refractivity contribution in [1.29, 1.82) is 0 Å². The number of likely N-dealkylation sites (tertiary alicyclic amines) is 2. The minimum atomic E-state index is -0.560. The van der Waals surface area contributed by atoms with Crippen LogP contribution in [0, 0.1) is 5.92 Å². The molecule has 1 N–H and O–H groups in total. The van der Waals surface area contributed by atoms with E-state index < -0.39 is 6.04 Å². The summed E-state index contributed by atoms with van der Waals surface area (Å²) in [6.45, 7) is 2.68. The van der Waals surface area contributed by atoms with Crippen molar-refractivity contribution in [1.82, 2.24) is 15.1 Å². The lowest BCUT2D eigenvalue weighted by Gasteiger charge is -2.38. The molecule has 4 rings (SSSR count). The van der Waals surface area contributed by atoms with E-state index in [0.717, 1.165) is 32.4 Å². The number of rotatable bonds is 5. The van der Waals surface area contributed by atoms with Gasteiger partial charge in [-0.2, -0.15) is 0 Å². The molecule has 0 aliphatic carbocycles. The predicted molar refractivity (Wildman–Crippen MR) is 123 cm³/mol. The van der Waals surface area contributed by atoms with Crippen molar-refractivity contribution in [2.75, 3.05) is 26.2 Å². The van der Waals surface area contributed by atoms with Crippen LogP contribution in [0.15, 0.2) is 60.7 Å². The Morgan fingerprint density at radius 1 is 0.719 bits per heavy atom. The summed E-state index contributed by atoms with van der Waals surface area (Å²) in [6, 6.07) is 17.8. The Hall–Kier alpha value is -3.15. The van der Waals surface area contributed by atoms with Gasteiger partial charge >= 0.3 is 0 Å². The highest BCUT2D eigenvalue weighted by Gasteiger charge is 2.36. The van der Waals surface area contributed by atoms with Crippen molar-refractivity contribution in [2.45, 2.75) is 38.1 Å². The maximum atomic E-state index is 13.4. The molecule has 0 saturated carbocycles. The smallest absolute Gasteiger partial charge is 0.253 e. The topological polar surface area (TPSA) is 69.7 Å². The van der Waals surface area contributed by atoms with E-state index in [1.54, 1.807) is 12.1 Å². The normalized spacial score (nSPS) is 18.1. The third kappa shape index (κ3) is 5.18. The van der Waals surface area contributed by atoms with Gasteiger partial charge in [-0.05, 0) is 62.3 Å². The number of carbonyl (C=O) groups is 3. The van der Waals surface area contributed by atoms with Crippen molar-refractivity contribution in [3.8, 4) is 0 Å². The van der Waals surface area contributed by atoms with E-state index in [4.69, 9.17) is 0 Å². The number of hydrogen-bond acceptors (Lipinski definition) is 3. The molecule has 2 fully saturated rings. The number of carbonyl (C=O) groups excluding carboxylic acids is 3. The first kappa shape index (κ1) is 22.1. The van der Waals surface area contributed by atoms with Crippen LogP contribution in [-0.4, -0.2) is 59.7 Å². The van der Waals surface area contributed by atoms with E-state index in [0.29, 0.717) is 37.1 Å². The Balaban J connectivity index is 1.45. The summed E-state index contributed by atoms with van der Waals surface area (Å²) in [4.78, 5) is 42.9. The molecule has 2 aliphatic heterocycles. The van der Waals surface area contributed by atoms with Crippen molar-refractivity contribution >= 4 is 17.7 Å². The van der Waals surface area contributed by atoms with E-state index >= 15 is 0 Å². The highest BCUT2D eigenvalue weighted by molar-refractivity contribution is 5.97. The first-order chi connectivity index (χ1) is 15.6. The number of piperidine rings is 2. The van der Waals surface area contributed by atoms with E-state index in [9.17, 15) is 14.4 Å². The van der Waals surface area contributed by atoms with Crippen LogP contribution in [0.25, 0.3) is 0 Å². The van der Waals surface area contributed by atoms with Crippen LogP contribution in [0.3, 0.4) is 0 Å². The van der Waals surface area contributed by atoms with Gasteiger partial charge in [-0.15, -0.1) is 0 Å². The van der Waals surface area contributed by atoms with Gasteiger partial charge in [-0.1, -0.05) is 36.4 Å². The molecule has 2 heterocycles. The molecular weight excluding hydrogens is 402 g/mol. The molecule has 6 nitrogen and oxygen atoms in total. The standard InChI is InChI=1S/C26H31N3O3/c30-24(21-10-4-1-5-11-21)27-23(26(32)28-16-8-3-9-17-28)20-14-18-29(19-15-20)25(31)22-12-6-2-7-13-22/h1-2,4-7,10-13,20,23H,3,8-9,14-19H2,(H,27,30)/t23-/m0/s1. The average molecular weight is 434 g/mol. The van der Waals surface area contributed by atoms with Gasteiger partial charge in [0.25, 0.3) is 11.8 Å². The summed E-state index contributed by atoms with van der Waals surface area (Å²) in [5.74, 6) is -0.168. The molecule has 2 aromatic rings. The molecule has 0 radical (unpaired) electrons. The third-order valence-electron chi connectivity index (χ3n) is 6.58. The maximum Gasteiger partial charge on any atom is 0.253 e. The fourth-order valence-corrected chi connectivity index (χ4v) is 4.71. The fraction of sp³-hybridized carbons (Fsp3) is 0.423. The molecule has 1 atom stereocenters. The lowest BCUT2D eigenvalue weighted by atomic mass is 9.87. The summed E-state index contributed by atoms with van der Waals surface area (Å²) < 4.78 is 0. The Morgan fingerprint density at radius 3 is 1.88 bits per heavy atom. The number of benzene rings is 2. The fourth-order valence-electron chi connectivity index (χ4n) is 4.71. The highest BCUT2D eigenvalue weighted by atomic mass is 16.2. The highest BCUT2D eigenvalue weighted by Crippen LogP contribution is 2.25. The van der Waals surface area contributed by atoms with Crippen LogP contribution in [0.2, 0.25) is 0 Å². The van der Waals surface area contributed by atoms with E-state index in [2.05, 4.69) is 5.32 Å². The first-order valence-electron chi connectivity index (χ1n) is 11.6. The summed E-state index contributed by atoms with van der Waals surface area (Å²) in [5, 5.41) is 3.04. The summed E-state index contributed by atoms with van der Waals surface area (Å²) >= 11 is 0. The van der Waals surface area contributed by atoms with Gasteiger partial charge in [0.1, 0.15) is 6.04 Å². The largest absolute Gasteiger partial charge is 0.341 e. The average Bonchev–Trinajstić information content (AvgIpc) is 2.88. The molecule has 0 aromatic heterocycles. The number of nitrogens with zero attached hydrogens (tertiary/aromatic N) is 2. The monoisotopic (exact) mass is 433 g/mol. The summed E-state index contributed by atoms with van der Waals surface area (Å²) in [6.07, 6.45) is 4.55. The molecule has 3 amide bonds. The van der Waals surface area contributed by atoms with Gasteiger partial charge in [0.15, 0.2) is 0 Å². The second-order valence-corrected chi connectivity index (χ2v) is 8.70. The SMILES string of the molecule is O=C(N[C@H](C(=O)N1CCCCC1)C1CCN(C(=O)c2ccccc2)CC1)c1ccccc1. The minimum absolute atomic E-state index is 0.0110. The Labute approximate surface area is 189 Å².